The first kappa shape index (κ1) is 15.8. The molecule has 9 heteroatoms. The maximum atomic E-state index is 13.3. The van der Waals surface area contributed by atoms with Crippen molar-refractivity contribution in [2.45, 2.75) is 6.92 Å². The maximum absolute atomic E-state index is 13.3. The number of nitro groups is 1. The summed E-state index contributed by atoms with van der Waals surface area (Å²) in [6, 6.07) is 2.68. The van der Waals surface area contributed by atoms with E-state index in [9.17, 15) is 23.7 Å². The van der Waals surface area contributed by atoms with Crippen LogP contribution in [0.25, 0.3) is 0 Å². The number of methoxy groups -OCH3 is 1. The Balaban J connectivity index is 2.49. The third-order valence-corrected chi connectivity index (χ3v) is 3.71. The fourth-order valence-electron chi connectivity index (χ4n) is 1.78. The van der Waals surface area contributed by atoms with Gasteiger partial charge in [-0.1, -0.05) is 0 Å². The van der Waals surface area contributed by atoms with Crippen LogP contribution in [-0.4, -0.2) is 18.0 Å². The molecule has 1 aromatic carbocycles. The summed E-state index contributed by atoms with van der Waals surface area (Å²) >= 11 is 1.13. The van der Waals surface area contributed by atoms with E-state index in [2.05, 4.69) is 10.1 Å². The number of halogens is 2. The Morgan fingerprint density at radius 1 is 1.32 bits per heavy atom. The Hall–Kier alpha value is -2.55. The van der Waals surface area contributed by atoms with Crippen LogP contribution in [-0.2, 0) is 4.74 Å². The summed E-state index contributed by atoms with van der Waals surface area (Å²) in [5.74, 6) is -3.20. The summed E-state index contributed by atoms with van der Waals surface area (Å²) in [7, 11) is 1.19. The molecule has 0 spiro atoms. The molecule has 1 heterocycles. The summed E-state index contributed by atoms with van der Waals surface area (Å²) < 4.78 is 31.1. The molecule has 0 radical (unpaired) electrons. The van der Waals surface area contributed by atoms with Gasteiger partial charge in [-0.3, -0.25) is 10.1 Å². The number of nitro benzene ring substituents is 1. The number of aryl methyl sites for hydroxylation is 1. The highest BCUT2D eigenvalue weighted by molar-refractivity contribution is 7.16. The molecule has 116 valence electrons. The molecule has 0 unspecified atom stereocenters. The molecule has 0 bridgehead atoms. The normalized spacial score (nSPS) is 10.4. The van der Waals surface area contributed by atoms with E-state index >= 15 is 0 Å². The summed E-state index contributed by atoms with van der Waals surface area (Å²) in [5, 5.41) is 13.8. The predicted octanol–water partition coefficient (Wildman–Crippen LogP) is 3.77. The lowest BCUT2D eigenvalue weighted by molar-refractivity contribution is -0.384. The van der Waals surface area contributed by atoms with Crippen molar-refractivity contribution in [3.05, 3.63) is 50.4 Å². The molecule has 0 fully saturated rings. The van der Waals surface area contributed by atoms with E-state index in [1.165, 1.54) is 13.2 Å². The second-order valence-electron chi connectivity index (χ2n) is 4.26. The number of nitrogens with one attached hydrogen (secondary N) is 1. The standard InChI is InChI=1S/C13H10F2N2O4S/c1-6-3-7(13(18)21-2)12(22-6)16-10-4-8(14)9(15)5-11(10)17(19)20/h3-5,16H,1-2H3. The van der Waals surface area contributed by atoms with Gasteiger partial charge < -0.3 is 10.1 Å². The summed E-state index contributed by atoms with van der Waals surface area (Å²) in [6.45, 7) is 1.72. The molecule has 0 aliphatic rings. The van der Waals surface area contributed by atoms with Crippen molar-refractivity contribution in [2.75, 3.05) is 12.4 Å². The van der Waals surface area contributed by atoms with Crippen LogP contribution in [0.4, 0.5) is 25.2 Å². The zero-order chi connectivity index (χ0) is 16.4. The zero-order valence-electron chi connectivity index (χ0n) is 11.5. The molecule has 2 rings (SSSR count). The monoisotopic (exact) mass is 328 g/mol. The minimum atomic E-state index is -1.33. The summed E-state index contributed by atoms with van der Waals surface area (Å²) in [4.78, 5) is 22.5. The fraction of sp³-hybridized carbons (Fsp3) is 0.154. The van der Waals surface area contributed by atoms with Crippen molar-refractivity contribution in [2.24, 2.45) is 0 Å². The van der Waals surface area contributed by atoms with E-state index < -0.39 is 28.2 Å². The van der Waals surface area contributed by atoms with E-state index in [0.717, 1.165) is 16.2 Å². The lowest BCUT2D eigenvalue weighted by atomic mass is 10.2. The van der Waals surface area contributed by atoms with Crippen LogP contribution in [0.2, 0.25) is 0 Å². The Bertz CT molecular complexity index is 761. The Kier molecular flexibility index (Phi) is 4.36. The maximum Gasteiger partial charge on any atom is 0.340 e. The third-order valence-electron chi connectivity index (χ3n) is 2.74. The Morgan fingerprint density at radius 3 is 2.55 bits per heavy atom. The molecule has 0 aliphatic heterocycles. The van der Waals surface area contributed by atoms with Crippen LogP contribution in [0.5, 0.6) is 0 Å². The second-order valence-corrected chi connectivity index (χ2v) is 5.51. The van der Waals surface area contributed by atoms with Gasteiger partial charge in [0.15, 0.2) is 11.6 Å². The highest BCUT2D eigenvalue weighted by atomic mass is 32.1. The van der Waals surface area contributed by atoms with Gasteiger partial charge in [-0.05, 0) is 13.0 Å². The average molecular weight is 328 g/mol. The number of thiophene rings is 1. The molecule has 2 aromatic rings. The lowest BCUT2D eigenvalue weighted by Crippen LogP contribution is -2.04. The molecular weight excluding hydrogens is 318 g/mol. The van der Waals surface area contributed by atoms with Crippen molar-refractivity contribution in [3.8, 4) is 0 Å². The predicted molar refractivity (Wildman–Crippen MR) is 76.7 cm³/mol. The molecule has 22 heavy (non-hydrogen) atoms. The smallest absolute Gasteiger partial charge is 0.340 e. The molecule has 0 atom stereocenters. The number of esters is 1. The molecule has 6 nitrogen and oxygen atoms in total. The number of carbonyl (C=O) groups is 1. The van der Waals surface area contributed by atoms with Crippen molar-refractivity contribution in [3.63, 3.8) is 0 Å². The van der Waals surface area contributed by atoms with Gasteiger partial charge in [0.25, 0.3) is 5.69 Å². The highest BCUT2D eigenvalue weighted by Crippen LogP contribution is 2.35. The highest BCUT2D eigenvalue weighted by Gasteiger charge is 2.22. The largest absolute Gasteiger partial charge is 0.465 e. The van der Waals surface area contributed by atoms with Gasteiger partial charge >= 0.3 is 5.97 Å². The minimum Gasteiger partial charge on any atom is -0.465 e. The molecule has 1 N–H and O–H groups in total. The first-order valence-corrected chi connectivity index (χ1v) is 6.74. The quantitative estimate of drug-likeness (QED) is 0.525. The van der Waals surface area contributed by atoms with Crippen LogP contribution < -0.4 is 5.32 Å². The van der Waals surface area contributed by atoms with E-state index in [-0.39, 0.29) is 16.3 Å². The first-order valence-electron chi connectivity index (χ1n) is 5.92. The van der Waals surface area contributed by atoms with Crippen LogP contribution in [0.1, 0.15) is 15.2 Å². The van der Waals surface area contributed by atoms with Crippen LogP contribution in [0, 0.1) is 28.7 Å². The molecule has 1 aromatic heterocycles. The number of ether oxygens (including phenoxy) is 1. The van der Waals surface area contributed by atoms with Crippen LogP contribution in [0.3, 0.4) is 0 Å². The molecule has 0 amide bonds. The molecule has 0 saturated heterocycles. The SMILES string of the molecule is COC(=O)c1cc(C)sc1Nc1cc(F)c(F)cc1[N+](=O)[O-]. The van der Waals surface area contributed by atoms with Gasteiger partial charge in [0.1, 0.15) is 10.7 Å². The van der Waals surface area contributed by atoms with E-state index in [4.69, 9.17) is 0 Å². The topological polar surface area (TPSA) is 81.5 Å². The van der Waals surface area contributed by atoms with Gasteiger partial charge in [-0.25, -0.2) is 13.6 Å². The van der Waals surface area contributed by atoms with E-state index in [1.807, 2.05) is 0 Å². The molecule has 0 aliphatic carbocycles. The number of rotatable bonds is 4. The summed E-state index contributed by atoms with van der Waals surface area (Å²) in [6.07, 6.45) is 0. The number of benzene rings is 1. The van der Waals surface area contributed by atoms with Gasteiger partial charge in [0.2, 0.25) is 0 Å². The first-order chi connectivity index (χ1) is 10.3. The molecule has 0 saturated carbocycles. The number of carbonyl (C=O) groups excluding carboxylic acids is 1. The van der Waals surface area contributed by atoms with E-state index in [1.54, 1.807) is 6.92 Å². The van der Waals surface area contributed by atoms with Crippen molar-refractivity contribution in [1.29, 1.82) is 0 Å². The second kappa shape index (κ2) is 6.06. The minimum absolute atomic E-state index is 0.157. The lowest BCUT2D eigenvalue weighted by Gasteiger charge is -2.07. The van der Waals surface area contributed by atoms with Crippen molar-refractivity contribution < 1.29 is 23.2 Å². The Morgan fingerprint density at radius 2 is 1.95 bits per heavy atom. The zero-order valence-corrected chi connectivity index (χ0v) is 12.3. The Labute approximate surface area is 127 Å². The number of anilines is 2. The van der Waals surface area contributed by atoms with Gasteiger partial charge in [0, 0.05) is 10.9 Å². The van der Waals surface area contributed by atoms with Gasteiger partial charge in [0.05, 0.1) is 23.7 Å². The number of hydrogen-bond donors (Lipinski definition) is 1. The van der Waals surface area contributed by atoms with Gasteiger partial charge in [-0.15, -0.1) is 11.3 Å². The van der Waals surface area contributed by atoms with Crippen LogP contribution in [0.15, 0.2) is 18.2 Å². The summed E-state index contributed by atoms with van der Waals surface area (Å²) in [5.41, 5.74) is -0.735. The van der Waals surface area contributed by atoms with E-state index in [0.29, 0.717) is 12.1 Å². The average Bonchev–Trinajstić information content (AvgIpc) is 2.82. The third kappa shape index (κ3) is 3.03. The van der Waals surface area contributed by atoms with Crippen molar-refractivity contribution >= 4 is 33.7 Å². The van der Waals surface area contributed by atoms with Crippen LogP contribution >= 0.6 is 11.3 Å². The van der Waals surface area contributed by atoms with Gasteiger partial charge in [-0.2, -0.15) is 0 Å². The number of nitrogens with zero attached hydrogens (tertiary/aromatic N) is 1. The number of hydrogen-bond acceptors (Lipinski definition) is 6. The molecular formula is C13H10F2N2O4S. The fourth-order valence-corrected chi connectivity index (χ4v) is 2.69. The van der Waals surface area contributed by atoms with Crippen molar-refractivity contribution in [1.82, 2.24) is 0 Å².